The van der Waals surface area contributed by atoms with E-state index in [1.165, 1.54) is 0 Å². The molecule has 1 amide bonds. The number of rotatable bonds is 6. The molecule has 1 aromatic heterocycles. The molecule has 0 spiro atoms. The summed E-state index contributed by atoms with van der Waals surface area (Å²) < 4.78 is 5.51. The number of pyridine rings is 1. The van der Waals surface area contributed by atoms with Gasteiger partial charge in [0.2, 0.25) is 0 Å². The molecule has 1 rings (SSSR count). The Morgan fingerprint density at radius 3 is 2.72 bits per heavy atom. The maximum Gasteiger partial charge on any atom is 0.260 e. The molecule has 3 N–H and O–H groups in total. The van der Waals surface area contributed by atoms with Crippen LogP contribution in [0.15, 0.2) is 18.3 Å². The lowest BCUT2D eigenvalue weighted by molar-refractivity contribution is -0.127. The lowest BCUT2D eigenvalue weighted by Gasteiger charge is -2.17. The van der Waals surface area contributed by atoms with Gasteiger partial charge in [-0.05, 0) is 32.4 Å². The van der Waals surface area contributed by atoms with Gasteiger partial charge in [-0.25, -0.2) is 0 Å². The summed E-state index contributed by atoms with van der Waals surface area (Å²) in [6, 6.07) is 3.71. The number of nitrogens with one attached hydrogen (secondary N) is 1. The molecule has 0 aliphatic carbocycles. The van der Waals surface area contributed by atoms with E-state index >= 15 is 0 Å². The number of nitrogens with two attached hydrogens (primary N) is 1. The molecule has 0 aliphatic rings. The van der Waals surface area contributed by atoms with Gasteiger partial charge >= 0.3 is 0 Å². The smallest absolute Gasteiger partial charge is 0.260 e. The molecule has 0 aromatic carbocycles. The number of hydrogen-bond donors (Lipinski definition) is 2. The van der Waals surface area contributed by atoms with Gasteiger partial charge in [0.25, 0.3) is 5.91 Å². The third-order valence-electron chi connectivity index (χ3n) is 2.69. The van der Waals surface area contributed by atoms with Gasteiger partial charge in [0.15, 0.2) is 6.10 Å². The third kappa shape index (κ3) is 4.33. The monoisotopic (exact) mass is 251 g/mol. The van der Waals surface area contributed by atoms with Crippen LogP contribution in [0.5, 0.6) is 5.75 Å². The van der Waals surface area contributed by atoms with E-state index in [9.17, 15) is 4.79 Å². The SMILES string of the molecule is CCC(C)NC(=O)C(C)Oc1ccc(CN)nc1. The molecule has 2 atom stereocenters. The summed E-state index contributed by atoms with van der Waals surface area (Å²) in [5, 5.41) is 2.87. The second kappa shape index (κ2) is 6.96. The molecule has 0 saturated heterocycles. The van der Waals surface area contributed by atoms with Crippen molar-refractivity contribution in [2.45, 2.75) is 45.9 Å². The largest absolute Gasteiger partial charge is 0.479 e. The van der Waals surface area contributed by atoms with Crippen LogP contribution >= 0.6 is 0 Å². The van der Waals surface area contributed by atoms with Crippen molar-refractivity contribution in [3.8, 4) is 5.75 Å². The van der Waals surface area contributed by atoms with E-state index in [2.05, 4.69) is 10.3 Å². The van der Waals surface area contributed by atoms with Crippen LogP contribution < -0.4 is 15.8 Å². The van der Waals surface area contributed by atoms with E-state index in [1.54, 1.807) is 25.3 Å². The summed E-state index contributed by atoms with van der Waals surface area (Å²) in [5.74, 6) is 0.450. The van der Waals surface area contributed by atoms with Crippen LogP contribution in [-0.4, -0.2) is 23.0 Å². The van der Waals surface area contributed by atoms with Crippen LogP contribution in [0.1, 0.15) is 32.9 Å². The number of amides is 1. The Kier molecular flexibility index (Phi) is 5.58. The van der Waals surface area contributed by atoms with Crippen molar-refractivity contribution in [3.05, 3.63) is 24.0 Å². The average molecular weight is 251 g/mol. The van der Waals surface area contributed by atoms with E-state index in [0.29, 0.717) is 12.3 Å². The summed E-state index contributed by atoms with van der Waals surface area (Å²) in [6.45, 7) is 6.09. The van der Waals surface area contributed by atoms with Gasteiger partial charge in [0.05, 0.1) is 11.9 Å². The fourth-order valence-corrected chi connectivity index (χ4v) is 1.32. The normalized spacial score (nSPS) is 13.8. The molecule has 0 bridgehead atoms. The first-order valence-corrected chi connectivity index (χ1v) is 6.18. The Bertz CT molecular complexity index is 378. The minimum Gasteiger partial charge on any atom is -0.479 e. The van der Waals surface area contributed by atoms with Crippen LogP contribution in [0.4, 0.5) is 0 Å². The van der Waals surface area contributed by atoms with Crippen molar-refractivity contribution < 1.29 is 9.53 Å². The van der Waals surface area contributed by atoms with Gasteiger partial charge in [-0.3, -0.25) is 9.78 Å². The predicted molar refractivity (Wildman–Crippen MR) is 70.1 cm³/mol. The average Bonchev–Trinajstić information content (AvgIpc) is 2.39. The zero-order valence-corrected chi connectivity index (χ0v) is 11.1. The molecule has 100 valence electrons. The van der Waals surface area contributed by atoms with Gasteiger partial charge in [0, 0.05) is 12.6 Å². The van der Waals surface area contributed by atoms with Crippen molar-refractivity contribution in [1.29, 1.82) is 0 Å². The zero-order chi connectivity index (χ0) is 13.5. The topological polar surface area (TPSA) is 77.2 Å². The first-order chi connectivity index (χ1) is 8.56. The molecule has 18 heavy (non-hydrogen) atoms. The molecule has 0 radical (unpaired) electrons. The Morgan fingerprint density at radius 1 is 1.50 bits per heavy atom. The predicted octanol–water partition coefficient (Wildman–Crippen LogP) is 1.22. The van der Waals surface area contributed by atoms with Crippen LogP contribution in [0.25, 0.3) is 0 Å². The van der Waals surface area contributed by atoms with Crippen LogP contribution in [0, 0.1) is 0 Å². The Balaban J connectivity index is 2.52. The van der Waals surface area contributed by atoms with Gasteiger partial charge < -0.3 is 15.8 Å². The Hall–Kier alpha value is -1.62. The highest BCUT2D eigenvalue weighted by molar-refractivity contribution is 5.80. The molecule has 2 unspecified atom stereocenters. The van der Waals surface area contributed by atoms with Gasteiger partial charge in [0.1, 0.15) is 5.75 Å². The highest BCUT2D eigenvalue weighted by atomic mass is 16.5. The van der Waals surface area contributed by atoms with Crippen molar-refractivity contribution in [1.82, 2.24) is 10.3 Å². The van der Waals surface area contributed by atoms with E-state index in [1.807, 2.05) is 13.8 Å². The van der Waals surface area contributed by atoms with Crippen molar-refractivity contribution in [3.63, 3.8) is 0 Å². The molecular formula is C13H21N3O2. The minimum absolute atomic E-state index is 0.118. The Labute approximate surface area is 108 Å². The summed E-state index contributed by atoms with van der Waals surface area (Å²) in [7, 11) is 0. The molecule has 1 aromatic rings. The van der Waals surface area contributed by atoms with E-state index < -0.39 is 6.10 Å². The number of hydrogen-bond acceptors (Lipinski definition) is 4. The molecule has 0 aliphatic heterocycles. The lowest BCUT2D eigenvalue weighted by atomic mass is 10.2. The quantitative estimate of drug-likeness (QED) is 0.797. The van der Waals surface area contributed by atoms with E-state index in [0.717, 1.165) is 12.1 Å². The van der Waals surface area contributed by atoms with Gasteiger partial charge in [-0.2, -0.15) is 0 Å². The molecule has 5 nitrogen and oxygen atoms in total. The summed E-state index contributed by atoms with van der Waals surface area (Å²) in [4.78, 5) is 15.9. The molecule has 0 saturated carbocycles. The van der Waals surface area contributed by atoms with Crippen LogP contribution in [-0.2, 0) is 11.3 Å². The van der Waals surface area contributed by atoms with E-state index in [4.69, 9.17) is 10.5 Å². The molecule has 1 heterocycles. The zero-order valence-electron chi connectivity index (χ0n) is 11.1. The van der Waals surface area contributed by atoms with Gasteiger partial charge in [-0.1, -0.05) is 6.92 Å². The second-order valence-corrected chi connectivity index (χ2v) is 4.27. The maximum absolute atomic E-state index is 11.8. The number of nitrogens with zero attached hydrogens (tertiary/aromatic N) is 1. The standard InChI is InChI=1S/C13H21N3O2/c1-4-9(2)16-13(17)10(3)18-12-6-5-11(7-14)15-8-12/h5-6,8-10H,4,7,14H2,1-3H3,(H,16,17). The van der Waals surface area contributed by atoms with Crippen LogP contribution in [0.3, 0.4) is 0 Å². The highest BCUT2D eigenvalue weighted by Crippen LogP contribution is 2.11. The first-order valence-electron chi connectivity index (χ1n) is 6.18. The maximum atomic E-state index is 11.8. The number of carbonyl (C=O) groups excluding carboxylic acids is 1. The molecular weight excluding hydrogens is 230 g/mol. The fraction of sp³-hybridized carbons (Fsp3) is 0.538. The van der Waals surface area contributed by atoms with Crippen LogP contribution in [0.2, 0.25) is 0 Å². The summed E-state index contributed by atoms with van der Waals surface area (Å²) >= 11 is 0. The highest BCUT2D eigenvalue weighted by Gasteiger charge is 2.16. The van der Waals surface area contributed by atoms with Gasteiger partial charge in [-0.15, -0.1) is 0 Å². The second-order valence-electron chi connectivity index (χ2n) is 4.27. The van der Waals surface area contributed by atoms with Crippen molar-refractivity contribution in [2.75, 3.05) is 0 Å². The first kappa shape index (κ1) is 14.4. The van der Waals surface area contributed by atoms with Crippen molar-refractivity contribution in [2.24, 2.45) is 5.73 Å². The Morgan fingerprint density at radius 2 is 2.22 bits per heavy atom. The van der Waals surface area contributed by atoms with Crippen molar-refractivity contribution >= 4 is 5.91 Å². The number of carbonyl (C=O) groups is 1. The third-order valence-corrected chi connectivity index (χ3v) is 2.69. The number of ether oxygens (including phenoxy) is 1. The fourth-order valence-electron chi connectivity index (χ4n) is 1.32. The molecule has 0 fully saturated rings. The van der Waals surface area contributed by atoms with E-state index in [-0.39, 0.29) is 11.9 Å². The molecule has 5 heteroatoms. The summed E-state index contributed by atoms with van der Waals surface area (Å²) in [5.41, 5.74) is 6.24. The number of aromatic nitrogens is 1. The minimum atomic E-state index is -0.537. The summed E-state index contributed by atoms with van der Waals surface area (Å²) in [6.07, 6.45) is 1.94. The lowest BCUT2D eigenvalue weighted by Crippen LogP contribution is -2.41.